The molecule has 1 aromatic carbocycles. The van der Waals surface area contributed by atoms with Gasteiger partial charge in [0.25, 0.3) is 5.91 Å². The topological polar surface area (TPSA) is 75.3 Å². The number of aryl methyl sites for hydroxylation is 1. The van der Waals surface area contributed by atoms with Crippen LogP contribution < -0.4 is 0 Å². The molecular weight excluding hydrogens is 459 g/mol. The van der Waals surface area contributed by atoms with E-state index in [9.17, 15) is 28.0 Å². The molecule has 0 aliphatic carbocycles. The van der Waals surface area contributed by atoms with Gasteiger partial charge in [-0.25, -0.2) is 4.79 Å². The molecule has 0 bridgehead atoms. The Morgan fingerprint density at radius 3 is 2.48 bits per heavy atom. The molecule has 0 radical (unpaired) electrons. The zero-order valence-electron chi connectivity index (χ0n) is 18.0. The van der Waals surface area contributed by atoms with E-state index in [0.717, 1.165) is 18.9 Å². The smallest absolute Gasteiger partial charge is 0.417 e. The lowest BCUT2D eigenvalue weighted by Crippen LogP contribution is -2.32. The first kappa shape index (κ1) is 24.4. The lowest BCUT2D eigenvalue weighted by Gasteiger charge is -2.15. The average Bonchev–Trinajstić information content (AvgIpc) is 3.38. The van der Waals surface area contributed by atoms with E-state index in [1.807, 2.05) is 0 Å². The van der Waals surface area contributed by atoms with Crippen LogP contribution in [0.5, 0.6) is 0 Å². The quantitative estimate of drug-likeness (QED) is 0.349. The van der Waals surface area contributed by atoms with Gasteiger partial charge in [-0.2, -0.15) is 18.4 Å². The predicted octanol–water partition coefficient (Wildman–Crippen LogP) is 4.84. The molecule has 10 heteroatoms. The van der Waals surface area contributed by atoms with Crippen molar-refractivity contribution in [3.05, 3.63) is 57.4 Å². The number of carbonyl (C=O) groups is 2. The van der Waals surface area contributed by atoms with Crippen molar-refractivity contribution in [2.24, 2.45) is 0 Å². The van der Waals surface area contributed by atoms with Crippen LogP contribution in [0.25, 0.3) is 11.8 Å². The van der Waals surface area contributed by atoms with E-state index < -0.39 is 29.3 Å². The second-order valence-corrected chi connectivity index (χ2v) is 8.06. The normalized spacial score (nSPS) is 14.3. The second-order valence-electron chi connectivity index (χ2n) is 7.66. The SMILES string of the molecule is Cc1cc(/C=C(\C#N)C(=O)OCC(=O)N2CCCC2)c(C)n1-c1ccc(Cl)c(C(F)(F)F)c1. The molecule has 1 aliphatic heterocycles. The van der Waals surface area contributed by atoms with Crippen LogP contribution in [-0.2, 0) is 20.5 Å². The van der Waals surface area contributed by atoms with Crippen LogP contribution in [0.3, 0.4) is 0 Å². The highest BCUT2D eigenvalue weighted by Gasteiger charge is 2.33. The number of carbonyl (C=O) groups excluding carboxylic acids is 2. The van der Waals surface area contributed by atoms with Crippen molar-refractivity contribution in [3.8, 4) is 11.8 Å². The summed E-state index contributed by atoms with van der Waals surface area (Å²) in [7, 11) is 0. The summed E-state index contributed by atoms with van der Waals surface area (Å²) in [6.07, 6.45) is -1.52. The molecule has 0 spiro atoms. The first-order chi connectivity index (χ1) is 15.5. The van der Waals surface area contributed by atoms with Gasteiger partial charge in [0.05, 0.1) is 10.6 Å². The van der Waals surface area contributed by atoms with Crippen LogP contribution in [0.1, 0.15) is 35.4 Å². The summed E-state index contributed by atoms with van der Waals surface area (Å²) < 4.78 is 46.4. The second kappa shape index (κ2) is 9.71. The summed E-state index contributed by atoms with van der Waals surface area (Å²) in [4.78, 5) is 26.0. The number of aromatic nitrogens is 1. The van der Waals surface area contributed by atoms with Gasteiger partial charge in [-0.15, -0.1) is 0 Å². The molecule has 0 saturated carbocycles. The highest BCUT2D eigenvalue weighted by molar-refractivity contribution is 6.31. The van der Waals surface area contributed by atoms with E-state index in [-0.39, 0.29) is 17.2 Å². The third-order valence-corrected chi connectivity index (χ3v) is 5.74. The molecule has 33 heavy (non-hydrogen) atoms. The molecule has 174 valence electrons. The van der Waals surface area contributed by atoms with Crippen LogP contribution in [0.4, 0.5) is 13.2 Å². The van der Waals surface area contributed by atoms with Gasteiger partial charge in [-0.3, -0.25) is 4.79 Å². The summed E-state index contributed by atoms with van der Waals surface area (Å²) in [5, 5.41) is 9.00. The Bertz CT molecular complexity index is 1160. The van der Waals surface area contributed by atoms with Crippen molar-refractivity contribution in [3.63, 3.8) is 0 Å². The molecule has 3 rings (SSSR count). The van der Waals surface area contributed by atoms with E-state index in [1.165, 1.54) is 18.2 Å². The number of nitriles is 1. The van der Waals surface area contributed by atoms with Crippen molar-refractivity contribution in [2.45, 2.75) is 32.9 Å². The Labute approximate surface area is 193 Å². The molecule has 1 saturated heterocycles. The molecule has 2 aromatic rings. The number of nitrogens with zero attached hydrogens (tertiary/aromatic N) is 3. The Morgan fingerprint density at radius 1 is 1.21 bits per heavy atom. The van der Waals surface area contributed by atoms with Gasteiger partial charge in [0.2, 0.25) is 0 Å². The van der Waals surface area contributed by atoms with Crippen molar-refractivity contribution in [2.75, 3.05) is 19.7 Å². The predicted molar refractivity (Wildman–Crippen MR) is 116 cm³/mol. The summed E-state index contributed by atoms with van der Waals surface area (Å²) >= 11 is 5.72. The molecule has 1 aromatic heterocycles. The van der Waals surface area contributed by atoms with Gasteiger partial charge in [0, 0.05) is 30.2 Å². The number of amides is 1. The third kappa shape index (κ3) is 5.40. The first-order valence-electron chi connectivity index (χ1n) is 10.2. The number of rotatable bonds is 5. The van der Waals surface area contributed by atoms with Crippen LogP contribution in [0.2, 0.25) is 5.02 Å². The lowest BCUT2D eigenvalue weighted by molar-refractivity contribution is -0.148. The van der Waals surface area contributed by atoms with Crippen molar-refractivity contribution in [1.82, 2.24) is 9.47 Å². The monoisotopic (exact) mass is 479 g/mol. The van der Waals surface area contributed by atoms with Gasteiger partial charge in [-0.1, -0.05) is 11.6 Å². The van der Waals surface area contributed by atoms with E-state index in [4.69, 9.17) is 16.3 Å². The molecular formula is C23H21ClF3N3O3. The molecule has 0 unspecified atom stereocenters. The fraction of sp³-hybridized carbons (Fsp3) is 0.348. The number of halogens is 4. The zero-order chi connectivity index (χ0) is 24.3. The van der Waals surface area contributed by atoms with Gasteiger partial charge >= 0.3 is 12.1 Å². The van der Waals surface area contributed by atoms with E-state index >= 15 is 0 Å². The van der Waals surface area contributed by atoms with Crippen LogP contribution >= 0.6 is 11.6 Å². The summed E-state index contributed by atoms with van der Waals surface area (Å²) in [6.45, 7) is 4.11. The number of hydrogen-bond acceptors (Lipinski definition) is 4. The van der Waals surface area contributed by atoms with Gasteiger partial charge < -0.3 is 14.2 Å². The number of ether oxygens (including phenoxy) is 1. The van der Waals surface area contributed by atoms with Crippen molar-refractivity contribution < 1.29 is 27.5 Å². The third-order valence-electron chi connectivity index (χ3n) is 5.41. The summed E-state index contributed by atoms with van der Waals surface area (Å²) in [5.41, 5.74) is 0.501. The number of alkyl halides is 3. The molecule has 2 heterocycles. The Balaban J connectivity index is 1.85. The Hall–Kier alpha value is -3.25. The van der Waals surface area contributed by atoms with E-state index in [2.05, 4.69) is 0 Å². The maximum absolute atomic E-state index is 13.3. The highest BCUT2D eigenvalue weighted by atomic mass is 35.5. The Morgan fingerprint density at radius 2 is 1.88 bits per heavy atom. The fourth-order valence-corrected chi connectivity index (χ4v) is 3.98. The number of hydrogen-bond donors (Lipinski definition) is 0. The average molecular weight is 480 g/mol. The van der Waals surface area contributed by atoms with Crippen LogP contribution in [-0.4, -0.2) is 41.0 Å². The highest BCUT2D eigenvalue weighted by Crippen LogP contribution is 2.36. The standard InChI is InChI=1S/C23H21ClF3N3O3/c1-14-9-16(10-17(12-28)22(32)33-13-21(31)29-7-3-4-8-29)15(2)30(14)18-5-6-20(24)19(11-18)23(25,26)27/h5-6,9-11H,3-4,7-8,13H2,1-2H3/b17-10+. The maximum atomic E-state index is 13.3. The fourth-order valence-electron chi connectivity index (χ4n) is 3.76. The minimum Gasteiger partial charge on any atom is -0.451 e. The maximum Gasteiger partial charge on any atom is 0.417 e. The number of esters is 1. The Kier molecular flexibility index (Phi) is 7.18. The first-order valence-corrected chi connectivity index (χ1v) is 10.5. The van der Waals surface area contributed by atoms with E-state index in [1.54, 1.807) is 35.5 Å². The van der Waals surface area contributed by atoms with Crippen LogP contribution in [0, 0.1) is 25.2 Å². The molecule has 0 N–H and O–H groups in total. The van der Waals surface area contributed by atoms with Gasteiger partial charge in [0.15, 0.2) is 6.61 Å². The number of likely N-dealkylation sites (tertiary alicyclic amines) is 1. The van der Waals surface area contributed by atoms with Crippen molar-refractivity contribution >= 4 is 29.6 Å². The summed E-state index contributed by atoms with van der Waals surface area (Å²) in [6, 6.07) is 6.96. The molecule has 1 fully saturated rings. The van der Waals surface area contributed by atoms with Gasteiger partial charge in [0.1, 0.15) is 11.6 Å². The lowest BCUT2D eigenvalue weighted by atomic mass is 10.1. The van der Waals surface area contributed by atoms with Gasteiger partial charge in [-0.05, 0) is 62.6 Å². The zero-order valence-corrected chi connectivity index (χ0v) is 18.8. The van der Waals surface area contributed by atoms with Crippen LogP contribution in [0.15, 0.2) is 29.8 Å². The molecule has 1 aliphatic rings. The van der Waals surface area contributed by atoms with E-state index in [0.29, 0.717) is 30.0 Å². The molecule has 0 atom stereocenters. The number of benzene rings is 1. The van der Waals surface area contributed by atoms with Crippen molar-refractivity contribution in [1.29, 1.82) is 5.26 Å². The molecule has 6 nitrogen and oxygen atoms in total. The molecule has 1 amide bonds. The largest absolute Gasteiger partial charge is 0.451 e. The minimum atomic E-state index is -4.62. The summed E-state index contributed by atoms with van der Waals surface area (Å²) in [5.74, 6) is -1.26. The minimum absolute atomic E-state index is 0.235.